The fraction of sp³-hybridized carbons (Fsp3) is 0.900. The van der Waals surface area contributed by atoms with Crippen LogP contribution in [0.2, 0.25) is 0 Å². The highest BCUT2D eigenvalue weighted by atomic mass is 16.5. The van der Waals surface area contributed by atoms with Crippen LogP contribution in [0.25, 0.3) is 0 Å². The van der Waals surface area contributed by atoms with Crippen molar-refractivity contribution < 1.29 is 29.6 Å². The number of aliphatic hydroxyl groups is 3. The fourth-order valence-corrected chi connectivity index (χ4v) is 1.25. The zero-order chi connectivity index (χ0) is 13.4. The monoisotopic (exact) mass is 251 g/mol. The Morgan fingerprint density at radius 3 is 2.24 bits per heavy atom. The van der Waals surface area contributed by atoms with Gasteiger partial charge in [-0.05, 0) is 0 Å². The summed E-state index contributed by atoms with van der Waals surface area (Å²) in [5.41, 5.74) is 0. The number of amides is 1. The molecule has 0 bridgehead atoms. The summed E-state index contributed by atoms with van der Waals surface area (Å²) in [7, 11) is 4.23. The summed E-state index contributed by atoms with van der Waals surface area (Å²) in [5.74, 6) is -0.319. The van der Waals surface area contributed by atoms with Gasteiger partial charge in [-0.25, -0.2) is 0 Å². The van der Waals surface area contributed by atoms with Crippen LogP contribution in [0, 0.1) is 0 Å². The van der Waals surface area contributed by atoms with Crippen LogP contribution in [0.3, 0.4) is 0 Å². The lowest BCUT2D eigenvalue weighted by Gasteiger charge is -2.26. The summed E-state index contributed by atoms with van der Waals surface area (Å²) in [4.78, 5) is 12.5. The molecule has 0 aromatic heterocycles. The number of nitrogens with zero attached hydrogens (tertiary/aromatic N) is 1. The van der Waals surface area contributed by atoms with Gasteiger partial charge in [-0.15, -0.1) is 0 Å². The van der Waals surface area contributed by atoms with Crippen LogP contribution >= 0.6 is 0 Å². The Labute approximate surface area is 101 Å². The fourth-order valence-electron chi connectivity index (χ4n) is 1.25. The van der Waals surface area contributed by atoms with Crippen molar-refractivity contribution in [3.8, 4) is 0 Å². The first-order chi connectivity index (χ1) is 7.93. The molecule has 0 heterocycles. The maximum Gasteiger partial charge on any atom is 0.248 e. The van der Waals surface area contributed by atoms with E-state index in [1.54, 1.807) is 0 Å². The van der Waals surface area contributed by atoms with Crippen molar-refractivity contribution in [1.29, 1.82) is 0 Å². The van der Waals surface area contributed by atoms with E-state index in [1.807, 2.05) is 0 Å². The van der Waals surface area contributed by atoms with E-state index >= 15 is 0 Å². The Bertz CT molecular complexity index is 225. The van der Waals surface area contributed by atoms with E-state index in [0.717, 1.165) is 0 Å². The van der Waals surface area contributed by atoms with Crippen LogP contribution in [0.1, 0.15) is 0 Å². The van der Waals surface area contributed by atoms with Crippen LogP contribution in [-0.4, -0.2) is 85.5 Å². The number of aliphatic hydroxyl groups excluding tert-OH is 3. The quantitative estimate of drug-likeness (QED) is 0.453. The lowest BCUT2D eigenvalue weighted by Crippen LogP contribution is -2.47. The molecule has 0 aliphatic rings. The van der Waals surface area contributed by atoms with Crippen molar-refractivity contribution in [1.82, 2.24) is 4.90 Å². The summed E-state index contributed by atoms with van der Waals surface area (Å²) >= 11 is 0. The Kier molecular flexibility index (Phi) is 8.01. The number of carbonyl (C=O) groups excluding carboxylic acids is 1. The van der Waals surface area contributed by atoms with Gasteiger partial charge in [0.05, 0.1) is 6.61 Å². The first-order valence-corrected chi connectivity index (χ1v) is 5.20. The first-order valence-electron chi connectivity index (χ1n) is 5.20. The molecule has 7 heteroatoms. The maximum atomic E-state index is 11.3. The molecule has 0 fully saturated rings. The van der Waals surface area contributed by atoms with Crippen LogP contribution in [0.4, 0.5) is 0 Å². The molecule has 0 rings (SSSR count). The largest absolute Gasteiger partial charge is 0.388 e. The van der Waals surface area contributed by atoms with Crippen LogP contribution < -0.4 is 0 Å². The predicted octanol–water partition coefficient (Wildman–Crippen LogP) is -2.18. The maximum absolute atomic E-state index is 11.3. The van der Waals surface area contributed by atoms with E-state index < -0.39 is 18.3 Å². The predicted molar refractivity (Wildman–Crippen MR) is 59.4 cm³/mol. The molecule has 0 saturated heterocycles. The summed E-state index contributed by atoms with van der Waals surface area (Å²) < 4.78 is 9.29. The smallest absolute Gasteiger partial charge is 0.248 e. The third-order valence-corrected chi connectivity index (χ3v) is 2.28. The summed E-state index contributed by atoms with van der Waals surface area (Å²) in [6.07, 6.45) is -3.81. The summed E-state index contributed by atoms with van der Waals surface area (Å²) in [5, 5.41) is 28.5. The third-order valence-electron chi connectivity index (χ3n) is 2.28. The molecule has 0 aliphatic heterocycles. The van der Waals surface area contributed by atoms with Gasteiger partial charge < -0.3 is 29.7 Å². The van der Waals surface area contributed by atoms with E-state index in [2.05, 4.69) is 9.47 Å². The zero-order valence-corrected chi connectivity index (χ0v) is 10.4. The highest BCUT2D eigenvalue weighted by molar-refractivity contribution is 5.77. The van der Waals surface area contributed by atoms with Gasteiger partial charge in [0.15, 0.2) is 0 Å². The van der Waals surface area contributed by atoms with Crippen molar-refractivity contribution in [2.24, 2.45) is 0 Å². The molecule has 3 atom stereocenters. The first kappa shape index (κ1) is 16.3. The Morgan fingerprint density at radius 2 is 1.76 bits per heavy atom. The van der Waals surface area contributed by atoms with Crippen molar-refractivity contribution >= 4 is 5.91 Å². The molecule has 102 valence electrons. The second-order valence-corrected chi connectivity index (χ2v) is 3.79. The zero-order valence-electron chi connectivity index (χ0n) is 10.4. The Morgan fingerprint density at radius 1 is 1.18 bits per heavy atom. The van der Waals surface area contributed by atoms with E-state index in [9.17, 15) is 20.1 Å². The third kappa shape index (κ3) is 5.94. The topological polar surface area (TPSA) is 99.5 Å². The second-order valence-electron chi connectivity index (χ2n) is 3.79. The van der Waals surface area contributed by atoms with Gasteiger partial charge in [-0.1, -0.05) is 0 Å². The van der Waals surface area contributed by atoms with E-state index in [4.69, 9.17) is 0 Å². The molecule has 3 N–H and O–H groups in total. The normalized spacial score (nSPS) is 16.4. The molecule has 0 saturated carbocycles. The number of hydrogen-bond donors (Lipinski definition) is 3. The molecule has 3 unspecified atom stereocenters. The molecule has 0 aromatic carbocycles. The van der Waals surface area contributed by atoms with Gasteiger partial charge in [0.2, 0.25) is 5.91 Å². The SMILES string of the molecule is COCC(=O)N(C)CC(O)C(O)C(O)COC. The van der Waals surface area contributed by atoms with Gasteiger partial charge in [-0.2, -0.15) is 0 Å². The van der Waals surface area contributed by atoms with Crippen LogP contribution in [0.15, 0.2) is 0 Å². The number of likely N-dealkylation sites (N-methyl/N-ethyl adjacent to an activating group) is 1. The minimum absolute atomic E-state index is 0.0893. The Balaban J connectivity index is 4.14. The molecule has 7 nitrogen and oxygen atoms in total. The van der Waals surface area contributed by atoms with E-state index in [0.29, 0.717) is 0 Å². The molecule has 0 radical (unpaired) electrons. The molecular formula is C10H21NO6. The van der Waals surface area contributed by atoms with Gasteiger partial charge >= 0.3 is 0 Å². The van der Waals surface area contributed by atoms with Gasteiger partial charge in [0.1, 0.15) is 24.9 Å². The summed E-state index contributed by atoms with van der Waals surface area (Å²) in [6.45, 7) is -0.280. The van der Waals surface area contributed by atoms with Gasteiger partial charge in [0, 0.05) is 27.8 Å². The van der Waals surface area contributed by atoms with Crippen molar-refractivity contribution in [2.45, 2.75) is 18.3 Å². The number of ether oxygens (including phenoxy) is 2. The highest BCUT2D eigenvalue weighted by Crippen LogP contribution is 2.03. The molecule has 0 spiro atoms. The molecule has 1 amide bonds. The average Bonchev–Trinajstić information content (AvgIpc) is 2.28. The van der Waals surface area contributed by atoms with Crippen LogP contribution in [-0.2, 0) is 14.3 Å². The highest BCUT2D eigenvalue weighted by Gasteiger charge is 2.26. The van der Waals surface area contributed by atoms with Crippen LogP contribution in [0.5, 0.6) is 0 Å². The summed E-state index contributed by atoms with van der Waals surface area (Å²) in [6, 6.07) is 0. The standard InChI is InChI=1S/C10H21NO6/c1-11(9(14)6-17-3)4-7(12)10(15)8(13)5-16-2/h7-8,10,12-13,15H,4-6H2,1-3H3. The average molecular weight is 251 g/mol. The second kappa shape index (κ2) is 8.37. The van der Waals surface area contributed by atoms with Gasteiger partial charge in [-0.3, -0.25) is 4.79 Å². The van der Waals surface area contributed by atoms with Crippen molar-refractivity contribution in [2.75, 3.05) is 41.0 Å². The van der Waals surface area contributed by atoms with E-state index in [-0.39, 0.29) is 25.7 Å². The minimum Gasteiger partial charge on any atom is -0.388 e. The number of hydrogen-bond acceptors (Lipinski definition) is 6. The molecule has 0 aromatic rings. The molecule has 0 aliphatic carbocycles. The lowest BCUT2D eigenvalue weighted by molar-refractivity contribution is -0.138. The number of carbonyl (C=O) groups is 1. The molecular weight excluding hydrogens is 230 g/mol. The van der Waals surface area contributed by atoms with Crippen molar-refractivity contribution in [3.63, 3.8) is 0 Å². The number of rotatable bonds is 8. The molecule has 17 heavy (non-hydrogen) atoms. The minimum atomic E-state index is -1.37. The van der Waals surface area contributed by atoms with E-state index in [1.165, 1.54) is 26.2 Å². The van der Waals surface area contributed by atoms with Crippen molar-refractivity contribution in [3.05, 3.63) is 0 Å². The Hall–Kier alpha value is -0.730. The number of methoxy groups -OCH3 is 2. The lowest BCUT2D eigenvalue weighted by atomic mass is 10.1. The van der Waals surface area contributed by atoms with Gasteiger partial charge in [0.25, 0.3) is 0 Å².